The molecule has 0 amide bonds. The van der Waals surface area contributed by atoms with Crippen molar-refractivity contribution in [1.29, 1.82) is 0 Å². The molecule has 0 aliphatic heterocycles. The van der Waals surface area contributed by atoms with E-state index in [0.29, 0.717) is 25.9 Å². The quantitative estimate of drug-likeness (QED) is 0.193. The number of aliphatic hydroxyl groups excluding tert-OH is 2. The van der Waals surface area contributed by atoms with Crippen molar-refractivity contribution in [2.45, 2.75) is 71.1 Å². The maximum atomic E-state index is 10.0. The van der Waals surface area contributed by atoms with E-state index in [9.17, 15) is 19.8 Å². The predicted octanol–water partition coefficient (Wildman–Crippen LogP) is -6.31. The first-order valence-electron chi connectivity index (χ1n) is 9.31. The summed E-state index contributed by atoms with van der Waals surface area (Å²) >= 11 is 0. The van der Waals surface area contributed by atoms with Crippen molar-refractivity contribution in [2.75, 3.05) is 32.8 Å². The molecule has 0 aromatic rings. The van der Waals surface area contributed by atoms with E-state index in [1.807, 2.05) is 0 Å². The molecule has 150 valence electrons. The van der Waals surface area contributed by atoms with Gasteiger partial charge in [-0.3, -0.25) is 4.90 Å². The van der Waals surface area contributed by atoms with Crippen LogP contribution in [0.5, 0.6) is 0 Å². The number of hydrogen-bond acceptors (Lipinski definition) is 7. The molecule has 9 heteroatoms. The first-order valence-corrected chi connectivity index (χ1v) is 9.31. The minimum atomic E-state index is -0.998. The van der Waals surface area contributed by atoms with E-state index in [-0.39, 0.29) is 85.2 Å². The molecule has 0 saturated heterocycles. The third-order valence-corrected chi connectivity index (χ3v) is 3.67. The Hall–Kier alpha value is 0.820. The molecule has 7 nitrogen and oxygen atoms in total. The first kappa shape index (κ1) is 35.3. The Morgan fingerprint density at radius 2 is 1.07 bits per heavy atom. The van der Waals surface area contributed by atoms with Crippen molar-refractivity contribution < 1.29 is 89.1 Å². The zero-order valence-corrected chi connectivity index (χ0v) is 21.6. The van der Waals surface area contributed by atoms with Crippen molar-refractivity contribution in [2.24, 2.45) is 0 Å². The second kappa shape index (κ2) is 29.0. The monoisotopic (exact) mass is 407 g/mol. The molecule has 2 N–H and O–H groups in total. The van der Waals surface area contributed by atoms with Crippen LogP contribution in [0.15, 0.2) is 0 Å². The van der Waals surface area contributed by atoms with Crippen molar-refractivity contribution in [3.05, 3.63) is 0 Å². The number of aliphatic carboxylic acids is 2. The summed E-state index contributed by atoms with van der Waals surface area (Å²) in [6, 6.07) is 0. The largest absolute Gasteiger partial charge is 1.00 e. The normalized spacial score (nSPS) is 9.63. The topological polar surface area (TPSA) is 124 Å². The fourth-order valence-corrected chi connectivity index (χ4v) is 2.25. The maximum absolute atomic E-state index is 10.0. The van der Waals surface area contributed by atoms with Gasteiger partial charge >= 0.3 is 59.1 Å². The smallest absolute Gasteiger partial charge is 0.550 e. The Bertz CT molecular complexity index is 296. The fraction of sp³-hybridized carbons (Fsp3) is 0.889. The van der Waals surface area contributed by atoms with E-state index in [0.717, 1.165) is 45.1 Å². The molecule has 0 rings (SSSR count). The van der Waals surface area contributed by atoms with Crippen LogP contribution >= 0.6 is 0 Å². The molecular weight excluding hydrogens is 372 g/mol. The van der Waals surface area contributed by atoms with Gasteiger partial charge < -0.3 is 30.0 Å². The van der Waals surface area contributed by atoms with Gasteiger partial charge in [-0.1, -0.05) is 39.0 Å². The van der Waals surface area contributed by atoms with Crippen LogP contribution in [0.3, 0.4) is 0 Å². The molecule has 0 aromatic heterocycles. The molecule has 0 aliphatic rings. The summed E-state index contributed by atoms with van der Waals surface area (Å²) in [6.45, 7) is 4.85. The number of hydrogen-bond donors (Lipinski definition) is 2. The van der Waals surface area contributed by atoms with Crippen molar-refractivity contribution in [1.82, 2.24) is 4.90 Å². The van der Waals surface area contributed by atoms with Crippen molar-refractivity contribution in [3.63, 3.8) is 0 Å². The number of carboxylic acids is 2. The van der Waals surface area contributed by atoms with Crippen molar-refractivity contribution in [3.8, 4) is 0 Å². The molecule has 0 heterocycles. The van der Waals surface area contributed by atoms with E-state index in [1.165, 1.54) is 0 Å². The van der Waals surface area contributed by atoms with Crippen molar-refractivity contribution >= 4 is 11.9 Å². The van der Waals surface area contributed by atoms with Gasteiger partial charge in [0.25, 0.3) is 0 Å². The van der Waals surface area contributed by atoms with Gasteiger partial charge in [-0.15, -0.1) is 0 Å². The standard InChI is InChI=1S/C10H18O4.C8H19NO2.2Na/c11-9(12)7-5-3-1-2-4-6-8-10(13)14;1-2-3-4-9(5-7-10)6-8-11;;/h1-8H2,(H,11,12)(H,13,14);10-11H,2-8H2,1H3;;/q;;2*+1/p-2. The average molecular weight is 407 g/mol. The maximum Gasteiger partial charge on any atom is 1.00 e. The Kier molecular flexibility index (Phi) is 37.9. The third-order valence-electron chi connectivity index (χ3n) is 3.67. The van der Waals surface area contributed by atoms with E-state index in [1.54, 1.807) is 0 Å². The van der Waals surface area contributed by atoms with E-state index in [4.69, 9.17) is 10.2 Å². The van der Waals surface area contributed by atoms with Crippen LogP contribution in [0.4, 0.5) is 0 Å². The average Bonchev–Trinajstić information content (AvgIpc) is 2.55. The number of rotatable bonds is 16. The van der Waals surface area contributed by atoms with Gasteiger partial charge in [-0.2, -0.15) is 0 Å². The summed E-state index contributed by atoms with van der Waals surface area (Å²) in [5.41, 5.74) is 0. The molecule has 0 aromatic carbocycles. The molecule has 0 radical (unpaired) electrons. The van der Waals surface area contributed by atoms with E-state index in [2.05, 4.69) is 11.8 Å². The van der Waals surface area contributed by atoms with Crippen LogP contribution in [-0.2, 0) is 9.59 Å². The number of carbonyl (C=O) groups is 2. The third kappa shape index (κ3) is 34.7. The number of nitrogens with zero attached hydrogens (tertiary/aromatic N) is 1. The molecule has 0 unspecified atom stereocenters. The summed E-state index contributed by atoms with van der Waals surface area (Å²) in [4.78, 5) is 22.1. The van der Waals surface area contributed by atoms with Crippen LogP contribution in [0.1, 0.15) is 71.1 Å². The second-order valence-electron chi connectivity index (χ2n) is 6.01. The van der Waals surface area contributed by atoms with Gasteiger partial charge in [0.15, 0.2) is 0 Å². The summed E-state index contributed by atoms with van der Waals surface area (Å²) < 4.78 is 0. The Morgan fingerprint density at radius 3 is 1.37 bits per heavy atom. The van der Waals surface area contributed by atoms with Gasteiger partial charge in [0.2, 0.25) is 0 Å². The summed E-state index contributed by atoms with van der Waals surface area (Å²) in [6.07, 6.45) is 7.52. The molecule has 0 bridgehead atoms. The summed E-state index contributed by atoms with van der Waals surface area (Å²) in [5.74, 6) is -2.00. The van der Waals surface area contributed by atoms with Crippen LogP contribution in [0.2, 0.25) is 0 Å². The molecule has 0 atom stereocenters. The zero-order chi connectivity index (χ0) is 19.3. The summed E-state index contributed by atoms with van der Waals surface area (Å²) in [5, 5.41) is 37.3. The minimum Gasteiger partial charge on any atom is -0.550 e. The van der Waals surface area contributed by atoms with Gasteiger partial charge in [0.05, 0.1) is 13.2 Å². The molecule has 0 fully saturated rings. The second-order valence-corrected chi connectivity index (χ2v) is 6.01. The molecule has 0 saturated carbocycles. The zero-order valence-electron chi connectivity index (χ0n) is 17.6. The van der Waals surface area contributed by atoms with Gasteiger partial charge in [-0.25, -0.2) is 0 Å². The van der Waals surface area contributed by atoms with Gasteiger partial charge in [-0.05, 0) is 38.6 Å². The molecule has 0 spiro atoms. The first-order chi connectivity index (χ1) is 12.0. The molecule has 27 heavy (non-hydrogen) atoms. The van der Waals surface area contributed by atoms with Gasteiger partial charge in [0.1, 0.15) is 0 Å². The predicted molar refractivity (Wildman–Crippen MR) is 92.5 cm³/mol. The fourth-order valence-electron chi connectivity index (χ4n) is 2.25. The van der Waals surface area contributed by atoms with Crippen LogP contribution < -0.4 is 69.3 Å². The number of aliphatic hydroxyl groups is 2. The van der Waals surface area contributed by atoms with Gasteiger partial charge in [0, 0.05) is 25.0 Å². The van der Waals surface area contributed by atoms with E-state index < -0.39 is 11.9 Å². The Balaban J connectivity index is -0.000000187. The van der Waals surface area contributed by atoms with Crippen LogP contribution in [0.25, 0.3) is 0 Å². The SMILES string of the molecule is CCCCN(CCO)CCO.O=C([O-])CCCCCCCCC(=O)[O-].[Na+].[Na+]. The minimum absolute atomic E-state index is 0. The Morgan fingerprint density at radius 1 is 0.704 bits per heavy atom. The number of carboxylic acid groups (broad SMARTS) is 2. The Labute approximate surface area is 208 Å². The number of unbranched alkanes of at least 4 members (excludes halogenated alkanes) is 6. The number of carbonyl (C=O) groups excluding carboxylic acids is 2. The van der Waals surface area contributed by atoms with E-state index >= 15 is 0 Å². The van der Waals surface area contributed by atoms with Crippen LogP contribution in [-0.4, -0.2) is 59.9 Å². The molecule has 0 aliphatic carbocycles. The van der Waals surface area contributed by atoms with Crippen LogP contribution in [0, 0.1) is 0 Å². The molecular formula is C18H35NNa2O6. The summed E-state index contributed by atoms with van der Waals surface area (Å²) in [7, 11) is 0.